The number of nitrogen functional groups attached to an aromatic ring is 1. The number of rotatable bonds is 3. The third-order valence-electron chi connectivity index (χ3n) is 2.59. The molecule has 0 saturated carbocycles. The number of halogens is 1. The van der Waals surface area contributed by atoms with Gasteiger partial charge in [-0.2, -0.15) is 5.10 Å². The number of carbonyl (C=O) groups is 1. The van der Waals surface area contributed by atoms with Gasteiger partial charge in [-0.1, -0.05) is 0 Å². The lowest BCUT2D eigenvalue weighted by Crippen LogP contribution is -2.17. The van der Waals surface area contributed by atoms with E-state index in [1.54, 1.807) is 7.05 Å². The van der Waals surface area contributed by atoms with E-state index >= 15 is 0 Å². The number of nitrogens with two attached hydrogens (primary N) is 1. The van der Waals surface area contributed by atoms with Crippen LogP contribution in [-0.2, 0) is 7.05 Å². The van der Waals surface area contributed by atoms with Gasteiger partial charge in [0.25, 0.3) is 5.91 Å². The van der Waals surface area contributed by atoms with E-state index < -0.39 is 11.7 Å². The molecule has 0 unspecified atom stereocenters. The summed E-state index contributed by atoms with van der Waals surface area (Å²) in [6.45, 7) is 0. The van der Waals surface area contributed by atoms with Gasteiger partial charge in [0.2, 0.25) is 0 Å². The molecule has 0 aliphatic carbocycles. The van der Waals surface area contributed by atoms with Gasteiger partial charge in [-0.25, -0.2) is 4.39 Å². The maximum Gasteiger partial charge on any atom is 0.276 e. The third-order valence-corrected chi connectivity index (χ3v) is 2.59. The Morgan fingerprint density at radius 2 is 2.26 bits per heavy atom. The zero-order chi connectivity index (χ0) is 14.0. The summed E-state index contributed by atoms with van der Waals surface area (Å²) in [5.74, 6) is -0.873. The molecule has 1 amide bonds. The molecule has 2 rings (SSSR count). The smallest absolute Gasteiger partial charge is 0.276 e. The maximum absolute atomic E-state index is 13.2. The van der Waals surface area contributed by atoms with Crippen LogP contribution in [0.25, 0.3) is 0 Å². The SMILES string of the molecule is COc1cc(NC(=O)c2c(N)cnn2C)ccc1F. The van der Waals surface area contributed by atoms with Crippen LogP contribution in [0.4, 0.5) is 15.8 Å². The molecule has 0 atom stereocenters. The molecule has 3 N–H and O–H groups in total. The van der Waals surface area contributed by atoms with Gasteiger partial charge in [0, 0.05) is 18.8 Å². The number of aryl methyl sites for hydroxylation is 1. The van der Waals surface area contributed by atoms with Gasteiger partial charge in [0.1, 0.15) is 5.69 Å². The van der Waals surface area contributed by atoms with Gasteiger partial charge in [-0.3, -0.25) is 9.48 Å². The average molecular weight is 264 g/mol. The van der Waals surface area contributed by atoms with Crippen molar-refractivity contribution in [2.24, 2.45) is 7.05 Å². The van der Waals surface area contributed by atoms with Crippen molar-refractivity contribution in [1.82, 2.24) is 9.78 Å². The van der Waals surface area contributed by atoms with Gasteiger partial charge in [-0.05, 0) is 12.1 Å². The Balaban J connectivity index is 2.24. The van der Waals surface area contributed by atoms with E-state index in [0.717, 1.165) is 0 Å². The van der Waals surface area contributed by atoms with Crippen molar-refractivity contribution in [3.05, 3.63) is 35.9 Å². The van der Waals surface area contributed by atoms with E-state index in [4.69, 9.17) is 10.5 Å². The zero-order valence-corrected chi connectivity index (χ0v) is 10.5. The van der Waals surface area contributed by atoms with Crippen molar-refractivity contribution in [3.63, 3.8) is 0 Å². The topological polar surface area (TPSA) is 82.2 Å². The standard InChI is InChI=1S/C12H13FN4O2/c1-17-11(9(14)6-15-17)12(18)16-7-3-4-8(13)10(5-7)19-2/h3-6H,14H2,1-2H3,(H,16,18). The van der Waals surface area contributed by atoms with Crippen LogP contribution in [0.1, 0.15) is 10.5 Å². The van der Waals surface area contributed by atoms with E-state index in [2.05, 4.69) is 10.4 Å². The monoisotopic (exact) mass is 264 g/mol. The van der Waals surface area contributed by atoms with Crippen molar-refractivity contribution in [3.8, 4) is 5.75 Å². The number of methoxy groups -OCH3 is 1. The molecular weight excluding hydrogens is 251 g/mol. The van der Waals surface area contributed by atoms with Crippen molar-refractivity contribution < 1.29 is 13.9 Å². The number of nitrogens with zero attached hydrogens (tertiary/aromatic N) is 2. The summed E-state index contributed by atoms with van der Waals surface area (Å²) >= 11 is 0. The second-order valence-corrected chi connectivity index (χ2v) is 3.88. The Labute approximate surface area is 109 Å². The van der Waals surface area contributed by atoms with E-state index in [1.807, 2.05) is 0 Å². The first-order valence-corrected chi connectivity index (χ1v) is 5.45. The highest BCUT2D eigenvalue weighted by atomic mass is 19.1. The third kappa shape index (κ3) is 2.49. The largest absolute Gasteiger partial charge is 0.494 e. The first kappa shape index (κ1) is 12.9. The summed E-state index contributed by atoms with van der Waals surface area (Å²) < 4.78 is 19.4. The first-order valence-electron chi connectivity index (χ1n) is 5.45. The van der Waals surface area contributed by atoms with Crippen LogP contribution in [0, 0.1) is 5.82 Å². The minimum atomic E-state index is -0.499. The molecule has 6 nitrogen and oxygen atoms in total. The van der Waals surface area contributed by atoms with Gasteiger partial charge < -0.3 is 15.8 Å². The van der Waals surface area contributed by atoms with Crippen molar-refractivity contribution in [2.45, 2.75) is 0 Å². The molecule has 0 spiro atoms. The maximum atomic E-state index is 13.2. The quantitative estimate of drug-likeness (QED) is 0.878. The van der Waals surface area contributed by atoms with Crippen LogP contribution in [-0.4, -0.2) is 22.8 Å². The number of anilines is 2. The summed E-state index contributed by atoms with van der Waals surface area (Å²) in [6.07, 6.45) is 1.39. The molecule has 1 heterocycles. The number of amides is 1. The number of aromatic nitrogens is 2. The zero-order valence-electron chi connectivity index (χ0n) is 10.5. The van der Waals surface area contributed by atoms with Crippen molar-refractivity contribution in [2.75, 3.05) is 18.2 Å². The molecule has 1 aromatic carbocycles. The first-order chi connectivity index (χ1) is 9.02. The number of benzene rings is 1. The molecule has 0 bridgehead atoms. The second kappa shape index (κ2) is 4.97. The highest BCUT2D eigenvalue weighted by Gasteiger charge is 2.15. The Kier molecular flexibility index (Phi) is 3.37. The summed E-state index contributed by atoms with van der Waals surface area (Å²) in [4.78, 5) is 12.0. The van der Waals surface area contributed by atoms with E-state index in [1.165, 1.54) is 36.2 Å². The van der Waals surface area contributed by atoms with E-state index in [-0.39, 0.29) is 17.1 Å². The van der Waals surface area contributed by atoms with Gasteiger partial charge in [-0.15, -0.1) is 0 Å². The highest BCUT2D eigenvalue weighted by molar-refractivity contribution is 6.06. The van der Waals surface area contributed by atoms with Gasteiger partial charge >= 0.3 is 0 Å². The molecular formula is C12H13FN4O2. The molecule has 0 saturated heterocycles. The van der Waals surface area contributed by atoms with E-state index in [0.29, 0.717) is 5.69 Å². The van der Waals surface area contributed by atoms with Gasteiger partial charge in [0.05, 0.1) is 19.0 Å². The molecule has 0 fully saturated rings. The Morgan fingerprint density at radius 3 is 2.84 bits per heavy atom. The molecule has 0 aliphatic heterocycles. The van der Waals surface area contributed by atoms with Crippen molar-refractivity contribution in [1.29, 1.82) is 0 Å². The summed E-state index contributed by atoms with van der Waals surface area (Å²) in [5.41, 5.74) is 6.57. The van der Waals surface area contributed by atoms with Crippen molar-refractivity contribution >= 4 is 17.3 Å². The lowest BCUT2D eigenvalue weighted by molar-refractivity contribution is 0.101. The summed E-state index contributed by atoms with van der Waals surface area (Å²) in [6, 6.07) is 4.03. The number of nitrogens with one attached hydrogen (secondary N) is 1. The normalized spacial score (nSPS) is 10.3. The van der Waals surface area contributed by atoms with E-state index in [9.17, 15) is 9.18 Å². The molecule has 7 heteroatoms. The van der Waals surface area contributed by atoms with Gasteiger partial charge in [0.15, 0.2) is 11.6 Å². The summed E-state index contributed by atoms with van der Waals surface area (Å²) in [7, 11) is 2.96. The molecule has 2 aromatic rings. The molecule has 100 valence electrons. The molecule has 1 aromatic heterocycles. The van der Waals surface area contributed by atoms with Crippen LogP contribution in [0.3, 0.4) is 0 Å². The Bertz CT molecular complexity index is 605. The number of carbonyl (C=O) groups excluding carboxylic acids is 1. The predicted octanol–water partition coefficient (Wildman–Crippen LogP) is 1.40. The molecule has 0 radical (unpaired) electrons. The minimum absolute atomic E-state index is 0.0516. The summed E-state index contributed by atoms with van der Waals surface area (Å²) in [5, 5.41) is 6.47. The van der Waals surface area contributed by atoms with Crippen LogP contribution < -0.4 is 15.8 Å². The Morgan fingerprint density at radius 1 is 1.53 bits per heavy atom. The lowest BCUT2D eigenvalue weighted by Gasteiger charge is -2.08. The number of hydrogen-bond acceptors (Lipinski definition) is 4. The molecule has 19 heavy (non-hydrogen) atoms. The molecule has 0 aliphatic rings. The van der Waals surface area contributed by atoms with Crippen LogP contribution in [0.5, 0.6) is 5.75 Å². The number of ether oxygens (including phenoxy) is 1. The predicted molar refractivity (Wildman–Crippen MR) is 68.5 cm³/mol. The fourth-order valence-corrected chi connectivity index (χ4v) is 1.66. The van der Waals surface area contributed by atoms with Crippen LogP contribution in [0.2, 0.25) is 0 Å². The average Bonchev–Trinajstić information content (AvgIpc) is 2.71. The highest BCUT2D eigenvalue weighted by Crippen LogP contribution is 2.22. The van der Waals surface area contributed by atoms with Crippen LogP contribution in [0.15, 0.2) is 24.4 Å². The van der Waals surface area contributed by atoms with Crippen LogP contribution >= 0.6 is 0 Å². The number of hydrogen-bond donors (Lipinski definition) is 2. The lowest BCUT2D eigenvalue weighted by atomic mass is 10.2. The fraction of sp³-hybridized carbons (Fsp3) is 0.167. The fourth-order valence-electron chi connectivity index (χ4n) is 1.66. The second-order valence-electron chi connectivity index (χ2n) is 3.88. The Hall–Kier alpha value is -2.57. The minimum Gasteiger partial charge on any atom is -0.494 e.